The molecule has 1 N–H and O–H groups in total. The van der Waals surface area contributed by atoms with E-state index >= 15 is 0 Å². The maximum atomic E-state index is 12.7. The van der Waals surface area contributed by atoms with E-state index in [1.165, 1.54) is 6.21 Å². The molecule has 1 aliphatic heterocycles. The molecule has 29 heavy (non-hydrogen) atoms. The van der Waals surface area contributed by atoms with Crippen LogP contribution in [0.25, 0.3) is 0 Å². The molecule has 4 atom stereocenters. The van der Waals surface area contributed by atoms with Crippen LogP contribution in [-0.2, 0) is 14.4 Å². The van der Waals surface area contributed by atoms with Crippen molar-refractivity contribution in [1.29, 1.82) is 0 Å². The van der Waals surface area contributed by atoms with Gasteiger partial charge in [0.1, 0.15) is 0 Å². The van der Waals surface area contributed by atoms with Gasteiger partial charge < -0.3 is 14.6 Å². The smallest absolute Gasteiger partial charge is 0.341 e. The van der Waals surface area contributed by atoms with Crippen LogP contribution in [0.4, 0.5) is 0 Å². The molecular weight excluding hydrogens is 444 g/mol. The van der Waals surface area contributed by atoms with E-state index in [9.17, 15) is 14.4 Å². The number of halogens is 1. The van der Waals surface area contributed by atoms with Gasteiger partial charge in [0.25, 0.3) is 11.8 Å². The Hall–Kier alpha value is -2.68. The molecule has 1 heterocycles. The normalized spacial score (nSPS) is 27.2. The summed E-state index contributed by atoms with van der Waals surface area (Å²) < 4.78 is 11.3. The van der Waals surface area contributed by atoms with Gasteiger partial charge in [0.15, 0.2) is 18.1 Å². The van der Waals surface area contributed by atoms with Crippen LogP contribution in [0, 0.1) is 23.7 Å². The van der Waals surface area contributed by atoms with Crippen LogP contribution in [-0.4, -0.2) is 47.3 Å². The second-order valence-corrected chi connectivity index (χ2v) is 8.02. The molecule has 0 unspecified atom stereocenters. The van der Waals surface area contributed by atoms with Gasteiger partial charge in [-0.3, -0.25) is 9.59 Å². The first kappa shape index (κ1) is 19.6. The third-order valence-corrected chi connectivity index (χ3v) is 6.16. The maximum Gasteiger partial charge on any atom is 0.341 e. The van der Waals surface area contributed by atoms with Crippen LogP contribution in [0.2, 0.25) is 0 Å². The second-order valence-electron chi connectivity index (χ2n) is 7.17. The fourth-order valence-electron chi connectivity index (χ4n) is 4.29. The topological polar surface area (TPSA) is 106 Å². The molecular formula is C20H19BrN2O6. The van der Waals surface area contributed by atoms with E-state index in [0.29, 0.717) is 22.4 Å². The van der Waals surface area contributed by atoms with Crippen molar-refractivity contribution in [3.63, 3.8) is 0 Å². The van der Waals surface area contributed by atoms with Crippen LogP contribution >= 0.6 is 15.9 Å². The van der Waals surface area contributed by atoms with Crippen molar-refractivity contribution in [3.8, 4) is 11.5 Å². The number of hydrogen-bond acceptors (Lipinski definition) is 6. The van der Waals surface area contributed by atoms with E-state index < -0.39 is 12.6 Å². The van der Waals surface area contributed by atoms with Crippen molar-refractivity contribution in [2.45, 2.75) is 13.3 Å². The monoisotopic (exact) mass is 462 g/mol. The lowest BCUT2D eigenvalue weighted by Crippen LogP contribution is -2.28. The third-order valence-electron chi connectivity index (χ3n) is 5.47. The molecule has 0 radical (unpaired) electrons. The lowest BCUT2D eigenvalue weighted by atomic mass is 9.85. The number of imide groups is 1. The first-order valence-electron chi connectivity index (χ1n) is 9.31. The van der Waals surface area contributed by atoms with Crippen LogP contribution in [0.5, 0.6) is 11.5 Å². The van der Waals surface area contributed by atoms with Gasteiger partial charge in [0.05, 0.1) is 24.7 Å². The number of benzene rings is 1. The number of fused-ring (bicyclic) bond motifs is 5. The summed E-state index contributed by atoms with van der Waals surface area (Å²) in [6.45, 7) is 1.64. The Morgan fingerprint density at radius 1 is 1.21 bits per heavy atom. The number of allylic oxidation sites excluding steroid dienone is 2. The largest absolute Gasteiger partial charge is 0.490 e. The van der Waals surface area contributed by atoms with Crippen molar-refractivity contribution in [3.05, 3.63) is 34.3 Å². The number of hydrazone groups is 1. The molecule has 1 saturated carbocycles. The molecule has 152 valence electrons. The van der Waals surface area contributed by atoms with E-state index in [0.717, 1.165) is 11.4 Å². The highest BCUT2D eigenvalue weighted by molar-refractivity contribution is 9.10. The van der Waals surface area contributed by atoms with E-state index in [2.05, 4.69) is 21.0 Å². The first-order valence-corrected chi connectivity index (χ1v) is 10.1. The number of carbonyl (C=O) groups is 3. The average Bonchev–Trinajstić information content (AvgIpc) is 3.35. The van der Waals surface area contributed by atoms with Crippen LogP contribution < -0.4 is 9.47 Å². The Morgan fingerprint density at radius 3 is 2.41 bits per heavy atom. The molecule has 1 saturated heterocycles. The molecule has 2 bridgehead atoms. The van der Waals surface area contributed by atoms with Crippen LogP contribution in [0.15, 0.2) is 33.9 Å². The lowest BCUT2D eigenvalue weighted by Gasteiger charge is -2.14. The zero-order valence-corrected chi connectivity index (χ0v) is 17.2. The number of rotatable bonds is 7. The van der Waals surface area contributed by atoms with Crippen molar-refractivity contribution in [2.75, 3.05) is 13.2 Å². The Bertz CT molecular complexity index is 913. The number of hydrogen-bond donors (Lipinski definition) is 1. The van der Waals surface area contributed by atoms with Crippen LogP contribution in [0.3, 0.4) is 0 Å². The highest BCUT2D eigenvalue weighted by Gasteiger charge is 2.59. The van der Waals surface area contributed by atoms with Crippen molar-refractivity contribution in [1.82, 2.24) is 5.01 Å². The second kappa shape index (κ2) is 7.62. The Kier molecular flexibility index (Phi) is 5.16. The summed E-state index contributed by atoms with van der Waals surface area (Å²) in [6.07, 6.45) is 6.35. The summed E-state index contributed by atoms with van der Waals surface area (Å²) in [7, 11) is 0. The van der Waals surface area contributed by atoms with Crippen molar-refractivity contribution >= 4 is 39.9 Å². The van der Waals surface area contributed by atoms with Gasteiger partial charge in [-0.15, -0.1) is 0 Å². The minimum absolute atomic E-state index is 0.128. The SMILES string of the molecule is CCOc1cc(C=NN2C(=O)[C@@H]3[C@H](C2=O)[C@H]2C=C[C@H]3C2)c(Br)cc1OCC(=O)O. The molecule has 3 aliphatic rings. The molecule has 4 rings (SSSR count). The minimum Gasteiger partial charge on any atom is -0.490 e. The number of carboxylic acids is 1. The molecule has 2 fully saturated rings. The van der Waals surface area contributed by atoms with Gasteiger partial charge in [0, 0.05) is 10.0 Å². The molecule has 1 aromatic carbocycles. The van der Waals surface area contributed by atoms with Crippen LogP contribution in [0.1, 0.15) is 18.9 Å². The Morgan fingerprint density at radius 2 is 1.83 bits per heavy atom. The van der Waals surface area contributed by atoms with Gasteiger partial charge in [0.2, 0.25) is 0 Å². The van der Waals surface area contributed by atoms with Gasteiger partial charge in [-0.1, -0.05) is 12.2 Å². The summed E-state index contributed by atoms with van der Waals surface area (Å²) in [5.41, 5.74) is 0.565. The van der Waals surface area contributed by atoms with Crippen molar-refractivity contribution < 1.29 is 29.0 Å². The zero-order valence-electron chi connectivity index (χ0n) is 15.6. The minimum atomic E-state index is -1.10. The zero-order chi connectivity index (χ0) is 20.7. The summed E-state index contributed by atoms with van der Waals surface area (Å²) in [5, 5.41) is 13.9. The summed E-state index contributed by atoms with van der Waals surface area (Å²) in [6, 6.07) is 3.19. The molecule has 8 nitrogen and oxygen atoms in total. The van der Waals surface area contributed by atoms with E-state index in [-0.39, 0.29) is 41.2 Å². The van der Waals surface area contributed by atoms with Gasteiger partial charge in [-0.05, 0) is 53.2 Å². The number of ether oxygens (including phenoxy) is 2. The molecule has 2 amide bonds. The third kappa shape index (κ3) is 3.43. The highest BCUT2D eigenvalue weighted by atomic mass is 79.9. The summed E-state index contributed by atoms with van der Waals surface area (Å²) >= 11 is 3.38. The van der Waals surface area contributed by atoms with E-state index in [4.69, 9.17) is 14.6 Å². The average molecular weight is 463 g/mol. The quantitative estimate of drug-likeness (QED) is 0.379. The van der Waals surface area contributed by atoms with E-state index in [1.807, 2.05) is 12.2 Å². The van der Waals surface area contributed by atoms with Crippen molar-refractivity contribution in [2.24, 2.45) is 28.8 Å². The predicted octanol–water partition coefficient (Wildman–Crippen LogP) is 2.45. The number of nitrogens with zero attached hydrogens (tertiary/aromatic N) is 2. The number of amides is 2. The number of aliphatic carboxylic acids is 1. The first-order chi connectivity index (χ1) is 13.9. The van der Waals surface area contributed by atoms with Gasteiger partial charge >= 0.3 is 5.97 Å². The summed E-state index contributed by atoms with van der Waals surface area (Å²) in [4.78, 5) is 36.2. The van der Waals surface area contributed by atoms with Gasteiger partial charge in [-0.2, -0.15) is 10.1 Å². The fraction of sp³-hybridized carbons (Fsp3) is 0.400. The Labute approximate surface area is 175 Å². The fourth-order valence-corrected chi connectivity index (χ4v) is 4.72. The molecule has 2 aliphatic carbocycles. The summed E-state index contributed by atoms with van der Waals surface area (Å²) in [5.74, 6) is -1.35. The molecule has 0 spiro atoms. The molecule has 9 heteroatoms. The molecule has 1 aromatic rings. The standard InChI is InChI=1S/C20H19BrN2O6/c1-2-28-14-6-12(13(21)7-15(14)29-9-16(24)25)8-22-23-19(26)17-10-3-4-11(5-10)18(17)20(23)27/h3-4,6-8,10-11,17-18H,2,5,9H2,1H3,(H,24,25)/t10-,11-,17-,18+/m0/s1. The van der Waals surface area contributed by atoms with Gasteiger partial charge in [-0.25, -0.2) is 4.79 Å². The van der Waals surface area contributed by atoms with E-state index in [1.54, 1.807) is 19.1 Å². The maximum absolute atomic E-state index is 12.7. The Balaban J connectivity index is 1.57. The predicted molar refractivity (Wildman–Crippen MR) is 106 cm³/mol. The highest BCUT2D eigenvalue weighted by Crippen LogP contribution is 2.52. The molecule has 0 aromatic heterocycles. The number of carboxylic acid groups (broad SMARTS) is 1. The number of carbonyl (C=O) groups excluding carboxylic acids is 2. The lowest BCUT2D eigenvalue weighted by molar-refractivity contribution is -0.141.